The summed E-state index contributed by atoms with van der Waals surface area (Å²) in [6.45, 7) is 1.50. The molecule has 3 nitrogen and oxygen atoms in total. The summed E-state index contributed by atoms with van der Waals surface area (Å²) in [7, 11) is 0. The summed E-state index contributed by atoms with van der Waals surface area (Å²) >= 11 is 0. The van der Waals surface area contributed by atoms with E-state index in [4.69, 9.17) is 10.5 Å². The fourth-order valence-electron chi connectivity index (χ4n) is 2.33. The Hall–Kier alpha value is -1.19. The van der Waals surface area contributed by atoms with Gasteiger partial charge in [-0.05, 0) is 37.8 Å². The Morgan fingerprint density at radius 2 is 2.11 bits per heavy atom. The number of rotatable bonds is 6. The second-order valence-corrected chi connectivity index (χ2v) is 4.83. The zero-order valence-electron chi connectivity index (χ0n) is 10.7. The Bertz CT molecular complexity index is 380. The molecule has 2 N–H and O–H groups in total. The van der Waals surface area contributed by atoms with Gasteiger partial charge in [-0.25, -0.2) is 0 Å². The first-order chi connectivity index (χ1) is 8.79. The summed E-state index contributed by atoms with van der Waals surface area (Å²) in [6.07, 6.45) is 4.83. The summed E-state index contributed by atoms with van der Waals surface area (Å²) in [5.74, 6) is 0.213. The lowest BCUT2D eigenvalue weighted by Crippen LogP contribution is -2.09. The molecule has 3 heteroatoms. The van der Waals surface area contributed by atoms with Gasteiger partial charge in [0.15, 0.2) is 5.78 Å². The number of ketones is 1. The molecule has 1 unspecified atom stereocenters. The smallest absolute Gasteiger partial charge is 0.162 e. The van der Waals surface area contributed by atoms with E-state index in [1.165, 1.54) is 5.56 Å². The van der Waals surface area contributed by atoms with E-state index in [0.717, 1.165) is 37.9 Å². The van der Waals surface area contributed by atoms with Crippen molar-refractivity contribution in [2.24, 2.45) is 5.73 Å². The molecule has 1 heterocycles. The maximum Gasteiger partial charge on any atom is 0.162 e. The van der Waals surface area contributed by atoms with Crippen LogP contribution in [-0.2, 0) is 11.2 Å². The van der Waals surface area contributed by atoms with Crippen molar-refractivity contribution >= 4 is 5.78 Å². The highest BCUT2D eigenvalue weighted by atomic mass is 16.5. The van der Waals surface area contributed by atoms with Crippen LogP contribution in [0.15, 0.2) is 24.3 Å². The lowest BCUT2D eigenvalue weighted by molar-refractivity contribution is 0.0859. The van der Waals surface area contributed by atoms with Gasteiger partial charge in [-0.2, -0.15) is 0 Å². The van der Waals surface area contributed by atoms with E-state index < -0.39 is 0 Å². The second-order valence-electron chi connectivity index (χ2n) is 4.83. The van der Waals surface area contributed by atoms with Crippen LogP contribution in [0.25, 0.3) is 0 Å². The van der Waals surface area contributed by atoms with E-state index in [1.54, 1.807) is 0 Å². The fraction of sp³-hybridized carbons (Fsp3) is 0.533. The van der Waals surface area contributed by atoms with Crippen LogP contribution < -0.4 is 5.73 Å². The monoisotopic (exact) mass is 247 g/mol. The van der Waals surface area contributed by atoms with Crippen LogP contribution >= 0.6 is 0 Å². The van der Waals surface area contributed by atoms with Gasteiger partial charge in [-0.1, -0.05) is 24.3 Å². The van der Waals surface area contributed by atoms with E-state index in [1.807, 2.05) is 24.3 Å². The number of benzene rings is 1. The SMILES string of the molecule is NCCc1ccc(C(=O)CCC2CCCO2)cc1. The highest BCUT2D eigenvalue weighted by molar-refractivity contribution is 5.96. The van der Waals surface area contributed by atoms with Crippen molar-refractivity contribution in [3.63, 3.8) is 0 Å². The van der Waals surface area contributed by atoms with Gasteiger partial charge in [0, 0.05) is 18.6 Å². The number of Topliss-reactive ketones (excluding diaryl/α,β-unsaturated/α-hetero) is 1. The fourth-order valence-corrected chi connectivity index (χ4v) is 2.33. The Morgan fingerprint density at radius 1 is 1.33 bits per heavy atom. The lowest BCUT2D eigenvalue weighted by Gasteiger charge is -2.08. The summed E-state index contributed by atoms with van der Waals surface area (Å²) in [6, 6.07) is 7.80. The summed E-state index contributed by atoms with van der Waals surface area (Å²) in [5, 5.41) is 0. The van der Waals surface area contributed by atoms with Gasteiger partial charge in [0.2, 0.25) is 0 Å². The number of nitrogens with two attached hydrogens (primary N) is 1. The van der Waals surface area contributed by atoms with Crippen molar-refractivity contribution in [1.82, 2.24) is 0 Å². The van der Waals surface area contributed by atoms with Gasteiger partial charge in [0.05, 0.1) is 6.10 Å². The Kier molecular flexibility index (Phi) is 4.90. The van der Waals surface area contributed by atoms with E-state index in [0.29, 0.717) is 19.1 Å². The molecule has 2 rings (SSSR count). The van der Waals surface area contributed by atoms with E-state index >= 15 is 0 Å². The molecule has 1 aromatic carbocycles. The van der Waals surface area contributed by atoms with Gasteiger partial charge in [-0.15, -0.1) is 0 Å². The average Bonchev–Trinajstić information content (AvgIpc) is 2.90. The Balaban J connectivity index is 1.83. The predicted octanol–water partition coefficient (Wildman–Crippen LogP) is 2.33. The van der Waals surface area contributed by atoms with E-state index in [2.05, 4.69) is 0 Å². The molecule has 1 aromatic rings. The Labute approximate surface area is 108 Å². The maximum absolute atomic E-state index is 12.0. The first-order valence-electron chi connectivity index (χ1n) is 6.73. The van der Waals surface area contributed by atoms with Crippen molar-refractivity contribution in [1.29, 1.82) is 0 Å². The van der Waals surface area contributed by atoms with Gasteiger partial charge < -0.3 is 10.5 Å². The number of carbonyl (C=O) groups is 1. The summed E-state index contributed by atoms with van der Waals surface area (Å²) in [5.41, 5.74) is 7.48. The molecule has 0 spiro atoms. The van der Waals surface area contributed by atoms with Crippen LogP contribution in [0.3, 0.4) is 0 Å². The van der Waals surface area contributed by atoms with Crippen molar-refractivity contribution in [2.45, 2.75) is 38.2 Å². The van der Waals surface area contributed by atoms with Crippen LogP contribution in [-0.4, -0.2) is 25.0 Å². The average molecular weight is 247 g/mol. The van der Waals surface area contributed by atoms with E-state index in [-0.39, 0.29) is 5.78 Å². The van der Waals surface area contributed by atoms with Crippen LogP contribution in [0.5, 0.6) is 0 Å². The molecule has 1 aliphatic heterocycles. The van der Waals surface area contributed by atoms with Gasteiger partial charge in [0.25, 0.3) is 0 Å². The summed E-state index contributed by atoms with van der Waals surface area (Å²) < 4.78 is 5.52. The van der Waals surface area contributed by atoms with Gasteiger partial charge in [0.1, 0.15) is 0 Å². The largest absolute Gasteiger partial charge is 0.378 e. The molecule has 0 aliphatic carbocycles. The minimum absolute atomic E-state index is 0.213. The van der Waals surface area contributed by atoms with Crippen LogP contribution in [0, 0.1) is 0 Å². The molecule has 1 saturated heterocycles. The topological polar surface area (TPSA) is 52.3 Å². The van der Waals surface area contributed by atoms with Gasteiger partial charge in [-0.3, -0.25) is 4.79 Å². The van der Waals surface area contributed by atoms with Crippen molar-refractivity contribution in [3.8, 4) is 0 Å². The standard InChI is InChI=1S/C15H21NO2/c16-10-9-12-3-5-13(6-4-12)15(17)8-7-14-2-1-11-18-14/h3-6,14H,1-2,7-11,16H2. The highest BCUT2D eigenvalue weighted by Crippen LogP contribution is 2.18. The first kappa shape index (κ1) is 13.2. The molecule has 0 saturated carbocycles. The molecule has 0 aromatic heterocycles. The van der Waals surface area contributed by atoms with Gasteiger partial charge >= 0.3 is 0 Å². The number of carbonyl (C=O) groups excluding carboxylic acids is 1. The van der Waals surface area contributed by atoms with Crippen molar-refractivity contribution < 1.29 is 9.53 Å². The number of ether oxygens (including phenoxy) is 1. The third-order valence-corrected chi connectivity index (χ3v) is 3.43. The van der Waals surface area contributed by atoms with Crippen LogP contribution in [0.2, 0.25) is 0 Å². The minimum atomic E-state index is 0.213. The van der Waals surface area contributed by atoms with Crippen molar-refractivity contribution in [3.05, 3.63) is 35.4 Å². The lowest BCUT2D eigenvalue weighted by atomic mass is 10.0. The molecule has 18 heavy (non-hydrogen) atoms. The first-order valence-corrected chi connectivity index (χ1v) is 6.73. The molecule has 0 radical (unpaired) electrons. The predicted molar refractivity (Wildman–Crippen MR) is 71.7 cm³/mol. The molecule has 1 atom stereocenters. The molecular formula is C15H21NO2. The molecule has 0 bridgehead atoms. The molecule has 0 amide bonds. The molecule has 1 aliphatic rings. The van der Waals surface area contributed by atoms with Crippen molar-refractivity contribution in [2.75, 3.05) is 13.2 Å². The zero-order valence-corrected chi connectivity index (χ0v) is 10.7. The summed E-state index contributed by atoms with van der Waals surface area (Å²) in [4.78, 5) is 12.0. The Morgan fingerprint density at radius 3 is 2.72 bits per heavy atom. The molecule has 1 fully saturated rings. The third kappa shape index (κ3) is 3.65. The minimum Gasteiger partial charge on any atom is -0.378 e. The number of hydrogen-bond donors (Lipinski definition) is 1. The molecule has 98 valence electrons. The third-order valence-electron chi connectivity index (χ3n) is 3.43. The quantitative estimate of drug-likeness (QED) is 0.785. The maximum atomic E-state index is 12.0. The number of hydrogen-bond acceptors (Lipinski definition) is 3. The second kappa shape index (κ2) is 6.66. The van der Waals surface area contributed by atoms with Crippen LogP contribution in [0.1, 0.15) is 41.6 Å². The highest BCUT2D eigenvalue weighted by Gasteiger charge is 2.17. The van der Waals surface area contributed by atoms with E-state index in [9.17, 15) is 4.79 Å². The van der Waals surface area contributed by atoms with Crippen LogP contribution in [0.4, 0.5) is 0 Å². The zero-order chi connectivity index (χ0) is 12.8. The normalized spacial score (nSPS) is 19.1. The molecular weight excluding hydrogens is 226 g/mol.